The maximum absolute atomic E-state index is 11.3. The van der Waals surface area contributed by atoms with Crippen molar-refractivity contribution in [1.29, 1.82) is 0 Å². The number of hydrogen-bond donors (Lipinski definition) is 1. The lowest BCUT2D eigenvalue weighted by atomic mass is 10.1. The number of phenols is 1. The highest BCUT2D eigenvalue weighted by Gasteiger charge is 2.15. The summed E-state index contributed by atoms with van der Waals surface area (Å²) in [6.07, 6.45) is 0.348. The molecular weight excluding hydrogens is 236 g/mol. The Morgan fingerprint density at radius 2 is 2.28 bits per heavy atom. The third-order valence-electron chi connectivity index (χ3n) is 2.18. The smallest absolute Gasteiger partial charge is 0.396 e. The van der Waals surface area contributed by atoms with E-state index in [-0.39, 0.29) is 18.2 Å². The Morgan fingerprint density at radius 3 is 3.00 bits per heavy atom. The molecular formula is C12H12N2O4. The van der Waals surface area contributed by atoms with Gasteiger partial charge in [-0.15, -0.1) is 10.2 Å². The summed E-state index contributed by atoms with van der Waals surface area (Å²) in [7, 11) is 0. The van der Waals surface area contributed by atoms with Gasteiger partial charge in [0.15, 0.2) is 0 Å². The summed E-state index contributed by atoms with van der Waals surface area (Å²) in [5, 5.41) is 16.7. The molecule has 0 fully saturated rings. The summed E-state index contributed by atoms with van der Waals surface area (Å²) in [6.45, 7) is 1.95. The predicted octanol–water partition coefficient (Wildman–Crippen LogP) is 1.54. The van der Waals surface area contributed by atoms with Crippen molar-refractivity contribution in [3.8, 4) is 5.75 Å². The van der Waals surface area contributed by atoms with Gasteiger partial charge in [0, 0.05) is 0 Å². The SMILES string of the molecule is CCOC(=O)c1nnc(Cc2cccc(O)c2)o1. The highest BCUT2D eigenvalue weighted by molar-refractivity contribution is 5.83. The van der Waals surface area contributed by atoms with Crippen LogP contribution >= 0.6 is 0 Å². The van der Waals surface area contributed by atoms with Crippen molar-refractivity contribution in [2.45, 2.75) is 13.3 Å². The zero-order chi connectivity index (χ0) is 13.0. The molecule has 2 aromatic rings. The number of rotatable bonds is 4. The Morgan fingerprint density at radius 1 is 1.44 bits per heavy atom. The van der Waals surface area contributed by atoms with Gasteiger partial charge in [-0.1, -0.05) is 12.1 Å². The van der Waals surface area contributed by atoms with E-state index in [2.05, 4.69) is 10.2 Å². The summed E-state index contributed by atoms with van der Waals surface area (Å²) in [5.74, 6) is -0.333. The fourth-order valence-electron chi connectivity index (χ4n) is 1.44. The van der Waals surface area contributed by atoms with Gasteiger partial charge < -0.3 is 14.3 Å². The second-order valence-electron chi connectivity index (χ2n) is 3.57. The molecule has 0 amide bonds. The Balaban J connectivity index is 2.09. The quantitative estimate of drug-likeness (QED) is 0.826. The molecule has 1 N–H and O–H groups in total. The molecule has 6 heteroatoms. The number of benzene rings is 1. The van der Waals surface area contributed by atoms with Crippen LogP contribution in [-0.4, -0.2) is 27.9 Å². The lowest BCUT2D eigenvalue weighted by molar-refractivity contribution is 0.0479. The molecule has 0 aliphatic rings. The van der Waals surface area contributed by atoms with E-state index in [1.165, 1.54) is 0 Å². The van der Waals surface area contributed by atoms with Crippen LogP contribution in [-0.2, 0) is 11.2 Å². The lowest BCUT2D eigenvalue weighted by Gasteiger charge is -1.97. The summed E-state index contributed by atoms with van der Waals surface area (Å²) in [4.78, 5) is 11.3. The number of carbonyl (C=O) groups is 1. The molecule has 0 saturated carbocycles. The molecule has 0 aliphatic carbocycles. The second-order valence-corrected chi connectivity index (χ2v) is 3.57. The van der Waals surface area contributed by atoms with Crippen LogP contribution in [0.15, 0.2) is 28.7 Å². The summed E-state index contributed by atoms with van der Waals surface area (Å²) < 4.78 is 9.90. The van der Waals surface area contributed by atoms with E-state index in [0.717, 1.165) is 5.56 Å². The number of phenolic OH excluding ortho intramolecular Hbond substituents is 1. The predicted molar refractivity (Wildman–Crippen MR) is 61.2 cm³/mol. The van der Waals surface area contributed by atoms with Gasteiger partial charge in [0.25, 0.3) is 0 Å². The van der Waals surface area contributed by atoms with Gasteiger partial charge in [0.2, 0.25) is 5.89 Å². The van der Waals surface area contributed by atoms with Gasteiger partial charge in [0.05, 0.1) is 13.0 Å². The van der Waals surface area contributed by atoms with E-state index in [1.54, 1.807) is 25.1 Å². The molecule has 18 heavy (non-hydrogen) atoms. The highest BCUT2D eigenvalue weighted by atomic mass is 16.5. The van der Waals surface area contributed by atoms with Gasteiger partial charge in [-0.25, -0.2) is 4.79 Å². The van der Waals surface area contributed by atoms with Crippen molar-refractivity contribution in [2.75, 3.05) is 6.61 Å². The fourth-order valence-corrected chi connectivity index (χ4v) is 1.44. The van der Waals surface area contributed by atoms with Crippen LogP contribution < -0.4 is 0 Å². The minimum Gasteiger partial charge on any atom is -0.508 e. The standard InChI is InChI=1S/C12H12N2O4/c1-2-17-12(16)11-14-13-10(18-11)7-8-4-3-5-9(15)6-8/h3-6,15H,2,7H2,1H3. The van der Waals surface area contributed by atoms with E-state index in [0.29, 0.717) is 12.3 Å². The van der Waals surface area contributed by atoms with Gasteiger partial charge in [-0.05, 0) is 24.6 Å². The van der Waals surface area contributed by atoms with Crippen molar-refractivity contribution in [3.63, 3.8) is 0 Å². The maximum atomic E-state index is 11.3. The van der Waals surface area contributed by atoms with E-state index < -0.39 is 5.97 Å². The number of esters is 1. The van der Waals surface area contributed by atoms with E-state index in [1.807, 2.05) is 6.07 Å². The Bertz CT molecular complexity index is 551. The molecule has 94 valence electrons. The zero-order valence-electron chi connectivity index (χ0n) is 9.79. The largest absolute Gasteiger partial charge is 0.508 e. The molecule has 0 atom stereocenters. The Labute approximate surface area is 103 Å². The van der Waals surface area contributed by atoms with E-state index in [4.69, 9.17) is 9.15 Å². The topological polar surface area (TPSA) is 85.5 Å². The number of aromatic hydroxyl groups is 1. The van der Waals surface area contributed by atoms with Crippen LogP contribution in [0.1, 0.15) is 29.1 Å². The molecule has 0 bridgehead atoms. The van der Waals surface area contributed by atoms with Crippen LogP contribution in [0, 0.1) is 0 Å². The maximum Gasteiger partial charge on any atom is 0.396 e. The summed E-state index contributed by atoms with van der Waals surface area (Å²) in [6, 6.07) is 6.69. The first kappa shape index (κ1) is 12.1. The van der Waals surface area contributed by atoms with Gasteiger partial charge in [-0.2, -0.15) is 0 Å². The molecule has 0 spiro atoms. The van der Waals surface area contributed by atoms with Crippen LogP contribution in [0.25, 0.3) is 0 Å². The first-order valence-electron chi connectivity index (χ1n) is 5.46. The van der Waals surface area contributed by atoms with Gasteiger partial charge in [0.1, 0.15) is 5.75 Å². The first-order valence-corrected chi connectivity index (χ1v) is 5.46. The Hall–Kier alpha value is -2.37. The van der Waals surface area contributed by atoms with E-state index >= 15 is 0 Å². The van der Waals surface area contributed by atoms with Crippen molar-refractivity contribution < 1.29 is 19.1 Å². The molecule has 1 heterocycles. The van der Waals surface area contributed by atoms with Gasteiger partial charge >= 0.3 is 11.9 Å². The third kappa shape index (κ3) is 2.85. The number of aromatic nitrogens is 2. The molecule has 6 nitrogen and oxygen atoms in total. The normalized spacial score (nSPS) is 10.3. The third-order valence-corrected chi connectivity index (χ3v) is 2.18. The van der Waals surface area contributed by atoms with Crippen molar-refractivity contribution in [2.24, 2.45) is 0 Å². The molecule has 0 unspecified atom stereocenters. The number of nitrogens with zero attached hydrogens (tertiary/aromatic N) is 2. The zero-order valence-corrected chi connectivity index (χ0v) is 9.79. The highest BCUT2D eigenvalue weighted by Crippen LogP contribution is 2.14. The van der Waals surface area contributed by atoms with Crippen LogP contribution in [0.2, 0.25) is 0 Å². The van der Waals surface area contributed by atoms with Gasteiger partial charge in [-0.3, -0.25) is 0 Å². The van der Waals surface area contributed by atoms with Crippen LogP contribution in [0.4, 0.5) is 0 Å². The van der Waals surface area contributed by atoms with E-state index in [9.17, 15) is 9.90 Å². The summed E-state index contributed by atoms with van der Waals surface area (Å²) in [5.41, 5.74) is 0.814. The van der Waals surface area contributed by atoms with Crippen molar-refractivity contribution in [1.82, 2.24) is 10.2 Å². The molecule has 0 radical (unpaired) electrons. The number of ether oxygens (including phenoxy) is 1. The minimum atomic E-state index is -0.632. The molecule has 2 rings (SSSR count). The molecule has 0 aliphatic heterocycles. The van der Waals surface area contributed by atoms with Crippen LogP contribution in [0.5, 0.6) is 5.75 Å². The average molecular weight is 248 g/mol. The minimum absolute atomic E-state index is 0.160. The van der Waals surface area contributed by atoms with Crippen LogP contribution in [0.3, 0.4) is 0 Å². The molecule has 1 aromatic carbocycles. The first-order chi connectivity index (χ1) is 8.69. The number of carbonyl (C=O) groups excluding carboxylic acids is 1. The number of hydrogen-bond acceptors (Lipinski definition) is 6. The van der Waals surface area contributed by atoms with Crippen molar-refractivity contribution >= 4 is 5.97 Å². The molecule has 0 saturated heterocycles. The fraction of sp³-hybridized carbons (Fsp3) is 0.250. The Kier molecular flexibility index (Phi) is 3.57. The molecule has 1 aromatic heterocycles. The second kappa shape index (κ2) is 5.31. The summed E-state index contributed by atoms with van der Waals surface area (Å²) >= 11 is 0. The van der Waals surface area contributed by atoms with Crippen molar-refractivity contribution in [3.05, 3.63) is 41.6 Å². The monoisotopic (exact) mass is 248 g/mol. The lowest BCUT2D eigenvalue weighted by Crippen LogP contribution is -2.04. The average Bonchev–Trinajstić information content (AvgIpc) is 2.78.